The third-order valence-corrected chi connectivity index (χ3v) is 8.90. The maximum atomic E-state index is 13.7. The number of sulfonamides is 1. The van der Waals surface area contributed by atoms with Crippen molar-refractivity contribution in [3.63, 3.8) is 0 Å². The van der Waals surface area contributed by atoms with E-state index < -0.39 is 45.1 Å². The molecule has 1 atom stereocenters. The average Bonchev–Trinajstić information content (AvgIpc) is 3.22. The molecule has 4 rings (SSSR count). The fourth-order valence-corrected chi connectivity index (χ4v) is 6.09. The summed E-state index contributed by atoms with van der Waals surface area (Å²) < 4.78 is 86.2. The van der Waals surface area contributed by atoms with Crippen LogP contribution in [0, 0.1) is 19.7 Å². The van der Waals surface area contributed by atoms with Crippen LogP contribution in [0.3, 0.4) is 0 Å². The maximum absolute atomic E-state index is 13.7. The van der Waals surface area contributed by atoms with Gasteiger partial charge in [0, 0.05) is 30.5 Å². The number of nitrogens with zero attached hydrogens (tertiary/aromatic N) is 2. The predicted octanol–water partition coefficient (Wildman–Crippen LogP) is 3.30. The molecule has 2 aromatic carbocycles. The number of aliphatic hydroxyl groups excluding tert-OH is 2. The number of alkyl halides is 3. The van der Waals surface area contributed by atoms with Gasteiger partial charge in [0.25, 0.3) is 5.91 Å². The van der Waals surface area contributed by atoms with Gasteiger partial charge in [0.05, 0.1) is 24.9 Å². The minimum atomic E-state index is -4.92. The van der Waals surface area contributed by atoms with Crippen LogP contribution in [-0.2, 0) is 21.0 Å². The van der Waals surface area contributed by atoms with Crippen LogP contribution in [0.4, 0.5) is 17.6 Å². The molecule has 2 heterocycles. The number of hydrogen-bond donors (Lipinski definition) is 3. The van der Waals surface area contributed by atoms with Gasteiger partial charge in [0.1, 0.15) is 22.9 Å². The van der Waals surface area contributed by atoms with E-state index in [1.54, 1.807) is 26.0 Å². The summed E-state index contributed by atoms with van der Waals surface area (Å²) in [5.74, 6) is -1.57. The highest BCUT2D eigenvalue weighted by Gasteiger charge is 2.47. The molecule has 0 aromatic heterocycles. The van der Waals surface area contributed by atoms with Gasteiger partial charge in [-0.3, -0.25) is 9.79 Å². The highest BCUT2D eigenvalue weighted by atomic mass is 32.2. The van der Waals surface area contributed by atoms with E-state index in [2.05, 4.69) is 10.3 Å². The standard InChI is InChI=1S/C28H31F4N3O6S/c1-17-13-21(41-11-5-20(37)16-36)14-18(2)22(17)6-12-42(39,40)35-9-7-27(8-10-35)26(38)33-25(34-27)19-3-4-24(29)23(15-19)28(30,31)32/h3-4,6,12-15,20,36-37H,5,7-11,16H2,1-2H3,(H,33,34,38)/b12-6+. The van der Waals surface area contributed by atoms with E-state index in [9.17, 15) is 35.9 Å². The molecule has 1 fully saturated rings. The van der Waals surface area contributed by atoms with Gasteiger partial charge in [-0.05, 0) is 79.8 Å². The van der Waals surface area contributed by atoms with E-state index in [-0.39, 0.29) is 57.0 Å². The number of carbonyl (C=O) groups is 1. The summed E-state index contributed by atoms with van der Waals surface area (Å²) in [7, 11) is -3.88. The Bertz CT molecular complexity index is 1490. The molecular weight excluding hydrogens is 582 g/mol. The lowest BCUT2D eigenvalue weighted by Gasteiger charge is -2.34. The fraction of sp³-hybridized carbons (Fsp3) is 0.429. The normalized spacial score (nSPS) is 18.4. The highest BCUT2D eigenvalue weighted by molar-refractivity contribution is 7.92. The van der Waals surface area contributed by atoms with Gasteiger partial charge >= 0.3 is 6.18 Å². The second kappa shape index (κ2) is 12.1. The first-order valence-corrected chi connectivity index (χ1v) is 14.7. The van der Waals surface area contributed by atoms with Crippen molar-refractivity contribution in [3.05, 3.63) is 69.4 Å². The lowest BCUT2D eigenvalue weighted by atomic mass is 9.89. The largest absolute Gasteiger partial charge is 0.493 e. The van der Waals surface area contributed by atoms with E-state index in [1.807, 2.05) is 0 Å². The topological polar surface area (TPSA) is 129 Å². The Labute approximate surface area is 240 Å². The van der Waals surface area contributed by atoms with Gasteiger partial charge in [-0.25, -0.2) is 12.8 Å². The third-order valence-electron chi connectivity index (χ3n) is 7.34. The van der Waals surface area contributed by atoms with Crippen LogP contribution in [0.1, 0.15) is 47.1 Å². The fourth-order valence-electron chi connectivity index (χ4n) is 4.92. The molecule has 0 saturated carbocycles. The molecular formula is C28H31F4N3O6S. The second-order valence-electron chi connectivity index (χ2n) is 10.3. The minimum absolute atomic E-state index is 0.0117. The lowest BCUT2D eigenvalue weighted by molar-refractivity contribution is -0.140. The number of aliphatic hydroxyl groups is 2. The lowest BCUT2D eigenvalue weighted by Crippen LogP contribution is -2.50. The molecule has 9 nitrogen and oxygen atoms in total. The van der Waals surface area contributed by atoms with Crippen molar-refractivity contribution in [3.8, 4) is 5.75 Å². The van der Waals surface area contributed by atoms with Crippen LogP contribution in [0.25, 0.3) is 6.08 Å². The first-order chi connectivity index (χ1) is 19.6. The van der Waals surface area contributed by atoms with Crippen LogP contribution in [0.15, 0.2) is 40.7 Å². The highest BCUT2D eigenvalue weighted by Crippen LogP contribution is 2.35. The van der Waals surface area contributed by atoms with Gasteiger partial charge in [-0.15, -0.1) is 0 Å². The number of carbonyl (C=O) groups excluding carboxylic acids is 1. The van der Waals surface area contributed by atoms with Crippen molar-refractivity contribution in [1.82, 2.24) is 9.62 Å². The number of aliphatic imine (C=N–C) groups is 1. The summed E-state index contributed by atoms with van der Waals surface area (Å²) in [5, 5.41) is 21.9. The summed E-state index contributed by atoms with van der Waals surface area (Å²) >= 11 is 0. The van der Waals surface area contributed by atoms with Crippen molar-refractivity contribution in [2.45, 2.75) is 50.9 Å². The Balaban J connectivity index is 1.44. The minimum Gasteiger partial charge on any atom is -0.493 e. The zero-order valence-corrected chi connectivity index (χ0v) is 23.7. The number of benzene rings is 2. The van der Waals surface area contributed by atoms with Crippen molar-refractivity contribution in [2.24, 2.45) is 4.99 Å². The van der Waals surface area contributed by atoms with Crippen LogP contribution < -0.4 is 10.1 Å². The number of halogens is 4. The summed E-state index contributed by atoms with van der Waals surface area (Å²) in [4.78, 5) is 17.2. The molecule has 0 radical (unpaired) electrons. The number of rotatable bonds is 9. The summed E-state index contributed by atoms with van der Waals surface area (Å²) in [6.07, 6.45) is -4.04. The molecule has 1 saturated heterocycles. The van der Waals surface area contributed by atoms with E-state index in [1.165, 1.54) is 10.4 Å². The van der Waals surface area contributed by atoms with Gasteiger partial charge in [-0.2, -0.15) is 17.5 Å². The first-order valence-electron chi connectivity index (χ1n) is 13.1. The Morgan fingerprint density at radius 3 is 2.40 bits per heavy atom. The second-order valence-corrected chi connectivity index (χ2v) is 12.1. The zero-order chi connectivity index (χ0) is 30.9. The SMILES string of the molecule is Cc1cc(OCCC(O)CO)cc(C)c1/C=C/S(=O)(=O)N1CCC2(CC1)N=C(c1ccc(F)c(C(F)(F)F)c1)NC2=O. The molecule has 1 spiro atoms. The van der Waals surface area contributed by atoms with Gasteiger partial charge in [0.2, 0.25) is 10.0 Å². The number of amides is 1. The van der Waals surface area contributed by atoms with Crippen LogP contribution in [0.5, 0.6) is 5.75 Å². The molecule has 1 unspecified atom stereocenters. The van der Waals surface area contributed by atoms with Crippen molar-refractivity contribution in [1.29, 1.82) is 0 Å². The van der Waals surface area contributed by atoms with Gasteiger partial charge in [0.15, 0.2) is 0 Å². The Kier molecular flexibility index (Phi) is 9.11. The Hall–Kier alpha value is -3.33. The monoisotopic (exact) mass is 613 g/mol. The molecule has 2 aliphatic heterocycles. The number of hydrogen-bond acceptors (Lipinski definition) is 7. The third kappa shape index (κ3) is 6.83. The molecule has 3 N–H and O–H groups in total. The molecule has 0 bridgehead atoms. The maximum Gasteiger partial charge on any atom is 0.419 e. The van der Waals surface area contributed by atoms with Crippen LogP contribution >= 0.6 is 0 Å². The van der Waals surface area contributed by atoms with E-state index >= 15 is 0 Å². The molecule has 1 amide bonds. The van der Waals surface area contributed by atoms with Crippen LogP contribution in [-0.4, -0.2) is 72.6 Å². The molecule has 0 aliphatic carbocycles. The average molecular weight is 614 g/mol. The van der Waals surface area contributed by atoms with Crippen molar-refractivity contribution >= 4 is 27.8 Å². The Morgan fingerprint density at radius 1 is 1.17 bits per heavy atom. The molecule has 2 aromatic rings. The summed E-state index contributed by atoms with van der Waals surface area (Å²) in [5.41, 5.74) is -0.718. The number of ether oxygens (including phenoxy) is 1. The predicted molar refractivity (Wildman–Crippen MR) is 147 cm³/mol. The molecule has 228 valence electrons. The van der Waals surface area contributed by atoms with Crippen molar-refractivity contribution in [2.75, 3.05) is 26.3 Å². The van der Waals surface area contributed by atoms with E-state index in [0.29, 0.717) is 23.4 Å². The number of piperidine rings is 1. The van der Waals surface area contributed by atoms with Gasteiger partial charge < -0.3 is 20.3 Å². The quantitative estimate of drug-likeness (QED) is 0.373. The van der Waals surface area contributed by atoms with Crippen molar-refractivity contribution < 1.29 is 45.7 Å². The first kappa shape index (κ1) is 31.6. The van der Waals surface area contributed by atoms with E-state index in [0.717, 1.165) is 22.6 Å². The number of aryl methyl sites for hydroxylation is 2. The van der Waals surface area contributed by atoms with E-state index in [4.69, 9.17) is 9.84 Å². The zero-order valence-electron chi connectivity index (χ0n) is 22.9. The van der Waals surface area contributed by atoms with Crippen LogP contribution in [0.2, 0.25) is 0 Å². The summed E-state index contributed by atoms with van der Waals surface area (Å²) in [6.45, 7) is 3.35. The smallest absolute Gasteiger partial charge is 0.419 e. The van der Waals surface area contributed by atoms with Gasteiger partial charge in [-0.1, -0.05) is 0 Å². The molecule has 14 heteroatoms. The molecule has 42 heavy (non-hydrogen) atoms. The number of nitrogens with one attached hydrogen (secondary N) is 1. The Morgan fingerprint density at radius 2 is 1.81 bits per heavy atom. The number of amidine groups is 1. The summed E-state index contributed by atoms with van der Waals surface area (Å²) in [6, 6.07) is 5.82. The molecule has 2 aliphatic rings.